The first-order chi connectivity index (χ1) is 3.18. The van der Waals surface area contributed by atoms with Gasteiger partial charge in [-0.25, -0.2) is 0 Å². The van der Waals surface area contributed by atoms with E-state index < -0.39 is 0 Å². The zero-order valence-electron chi connectivity index (χ0n) is 5.14. The molecule has 0 fully saturated rings. The molecule has 2 nitrogen and oxygen atoms in total. The Balaban J connectivity index is 3.35. The predicted octanol–water partition coefficient (Wildman–Crippen LogP) is 1.19. The number of hydrogen-bond acceptors (Lipinski definition) is 1. The molecule has 0 spiro atoms. The van der Waals surface area contributed by atoms with Crippen LogP contribution in [0.25, 0.3) is 0 Å². The number of hydrogen-bond donors (Lipinski definition) is 0. The van der Waals surface area contributed by atoms with E-state index in [4.69, 9.17) is 0 Å². The standard InChI is InChI=1S/C5H12NO/c1-4-6(7)5(2)3/h5H,4H2,1-3H3/q+1. The summed E-state index contributed by atoms with van der Waals surface area (Å²) in [5.41, 5.74) is 0. The van der Waals surface area contributed by atoms with Crippen LogP contribution in [0.1, 0.15) is 20.8 Å². The number of nitrogens with zero attached hydrogens (tertiary/aromatic N) is 1. The van der Waals surface area contributed by atoms with Crippen LogP contribution in [0.4, 0.5) is 0 Å². The minimum absolute atomic E-state index is 0.144. The summed E-state index contributed by atoms with van der Waals surface area (Å²) < 4.78 is 1.04. The van der Waals surface area contributed by atoms with Gasteiger partial charge in [0.2, 0.25) is 0 Å². The average molecular weight is 102 g/mol. The Morgan fingerprint density at radius 3 is 2.00 bits per heavy atom. The van der Waals surface area contributed by atoms with Crippen molar-refractivity contribution in [1.29, 1.82) is 0 Å². The summed E-state index contributed by atoms with van der Waals surface area (Å²) in [4.78, 5) is 10.4. The maximum atomic E-state index is 10.4. The lowest BCUT2D eigenvalue weighted by atomic mass is 10.4. The Labute approximate surface area is 44.1 Å². The summed E-state index contributed by atoms with van der Waals surface area (Å²) >= 11 is 0. The molecule has 0 aliphatic carbocycles. The summed E-state index contributed by atoms with van der Waals surface area (Å²) in [6, 6.07) is 0.144. The molecule has 0 amide bonds. The van der Waals surface area contributed by atoms with E-state index in [1.807, 2.05) is 20.8 Å². The highest BCUT2D eigenvalue weighted by Crippen LogP contribution is 1.83. The van der Waals surface area contributed by atoms with Gasteiger partial charge in [0.25, 0.3) is 0 Å². The van der Waals surface area contributed by atoms with Gasteiger partial charge >= 0.3 is 0 Å². The molecule has 0 unspecified atom stereocenters. The quantitative estimate of drug-likeness (QED) is 0.479. The Kier molecular flexibility index (Phi) is 2.56. The van der Waals surface area contributed by atoms with Crippen molar-refractivity contribution in [3.63, 3.8) is 0 Å². The molecule has 0 atom stereocenters. The second-order valence-corrected chi connectivity index (χ2v) is 1.83. The highest BCUT2D eigenvalue weighted by atomic mass is 16.3. The van der Waals surface area contributed by atoms with Gasteiger partial charge in [0.1, 0.15) is 0 Å². The topological polar surface area (TPSA) is 20.1 Å². The van der Waals surface area contributed by atoms with Crippen molar-refractivity contribution in [2.24, 2.45) is 0 Å². The van der Waals surface area contributed by atoms with Crippen molar-refractivity contribution in [1.82, 2.24) is 0 Å². The van der Waals surface area contributed by atoms with E-state index in [1.165, 1.54) is 0 Å². The Morgan fingerprint density at radius 1 is 1.57 bits per heavy atom. The fraction of sp³-hybridized carbons (Fsp3) is 1.00. The highest BCUT2D eigenvalue weighted by molar-refractivity contribution is 4.28. The van der Waals surface area contributed by atoms with Gasteiger partial charge in [0, 0.05) is 18.8 Å². The van der Waals surface area contributed by atoms with Crippen LogP contribution in [0.15, 0.2) is 0 Å². The first kappa shape index (κ1) is 6.60. The minimum Gasteiger partial charge on any atom is -0.00118 e. The third kappa shape index (κ3) is 2.31. The molecule has 2 heteroatoms. The van der Waals surface area contributed by atoms with E-state index in [9.17, 15) is 4.91 Å². The van der Waals surface area contributed by atoms with Crippen molar-refractivity contribution < 1.29 is 4.76 Å². The summed E-state index contributed by atoms with van der Waals surface area (Å²) in [7, 11) is 0. The fourth-order valence-electron chi connectivity index (χ4n) is 0.365. The van der Waals surface area contributed by atoms with E-state index >= 15 is 0 Å². The number of rotatable bonds is 2. The zero-order chi connectivity index (χ0) is 5.86. The molecule has 7 heavy (non-hydrogen) atoms. The van der Waals surface area contributed by atoms with Crippen molar-refractivity contribution in [2.45, 2.75) is 26.8 Å². The van der Waals surface area contributed by atoms with E-state index in [1.54, 1.807) is 0 Å². The van der Waals surface area contributed by atoms with Gasteiger partial charge in [-0.05, 0) is 11.7 Å². The molecule has 0 rings (SSSR count). The Bertz CT molecular complexity index is 68.5. The molecule has 0 heterocycles. The first-order valence-electron chi connectivity index (χ1n) is 2.62. The average Bonchev–Trinajstić information content (AvgIpc) is 1.65. The van der Waals surface area contributed by atoms with E-state index in [2.05, 4.69) is 0 Å². The zero-order valence-corrected chi connectivity index (χ0v) is 5.14. The molecule has 0 N–H and O–H groups in total. The maximum absolute atomic E-state index is 10.4. The van der Waals surface area contributed by atoms with Crippen molar-refractivity contribution in [3.8, 4) is 0 Å². The second kappa shape index (κ2) is 2.72. The predicted molar refractivity (Wildman–Crippen MR) is 29.3 cm³/mol. The van der Waals surface area contributed by atoms with Crippen LogP contribution in [0.3, 0.4) is 0 Å². The monoisotopic (exact) mass is 102 g/mol. The first-order valence-corrected chi connectivity index (χ1v) is 2.62. The molecule has 42 valence electrons. The summed E-state index contributed by atoms with van der Waals surface area (Å²) in [6.07, 6.45) is 0. The summed E-state index contributed by atoms with van der Waals surface area (Å²) in [5, 5.41) is 0. The van der Waals surface area contributed by atoms with E-state index in [0.29, 0.717) is 6.54 Å². The molecule has 0 aromatic heterocycles. The molecule has 0 saturated carbocycles. The van der Waals surface area contributed by atoms with Gasteiger partial charge in [0.15, 0.2) is 12.6 Å². The van der Waals surface area contributed by atoms with Gasteiger partial charge in [-0.3, -0.25) is 0 Å². The van der Waals surface area contributed by atoms with Gasteiger partial charge in [-0.1, -0.05) is 0 Å². The van der Waals surface area contributed by atoms with Crippen molar-refractivity contribution in [3.05, 3.63) is 4.91 Å². The number of nitroso groups, excluding NO2 is 1. The second-order valence-electron chi connectivity index (χ2n) is 1.83. The van der Waals surface area contributed by atoms with Crippen LogP contribution in [-0.4, -0.2) is 17.3 Å². The van der Waals surface area contributed by atoms with Crippen LogP contribution in [0.5, 0.6) is 0 Å². The molecule has 0 aromatic carbocycles. The maximum Gasteiger partial charge on any atom is 0.195 e. The van der Waals surface area contributed by atoms with E-state index in [0.717, 1.165) is 4.76 Å². The van der Waals surface area contributed by atoms with Crippen LogP contribution in [-0.2, 0) is 0 Å². The third-order valence-electron chi connectivity index (χ3n) is 0.888. The Morgan fingerprint density at radius 2 is 2.00 bits per heavy atom. The normalized spacial score (nSPS) is 9.71. The molecular formula is C5H12NO+. The third-order valence-corrected chi connectivity index (χ3v) is 0.888. The van der Waals surface area contributed by atoms with Gasteiger partial charge in [-0.2, -0.15) is 0 Å². The largest absolute Gasteiger partial charge is 0.195 e. The molecule has 0 bridgehead atoms. The van der Waals surface area contributed by atoms with Gasteiger partial charge in [-0.15, -0.1) is 0 Å². The lowest BCUT2D eigenvalue weighted by Crippen LogP contribution is -2.15. The molecule has 0 saturated heterocycles. The lowest BCUT2D eigenvalue weighted by molar-refractivity contribution is -0.575. The smallest absolute Gasteiger partial charge is 0.00118 e. The van der Waals surface area contributed by atoms with Crippen LogP contribution < -0.4 is 0 Å². The summed E-state index contributed by atoms with van der Waals surface area (Å²) in [6.45, 7) is 6.22. The summed E-state index contributed by atoms with van der Waals surface area (Å²) in [5.74, 6) is 0. The SMILES string of the molecule is CC[N+](=O)C(C)C. The van der Waals surface area contributed by atoms with Gasteiger partial charge < -0.3 is 0 Å². The van der Waals surface area contributed by atoms with Crippen LogP contribution in [0, 0.1) is 4.91 Å². The Hall–Kier alpha value is -0.400. The molecule has 0 aliphatic rings. The highest BCUT2D eigenvalue weighted by Gasteiger charge is 2.07. The lowest BCUT2D eigenvalue weighted by Gasteiger charge is -1.89. The molecule has 0 aliphatic heterocycles. The van der Waals surface area contributed by atoms with Crippen molar-refractivity contribution in [2.75, 3.05) is 6.54 Å². The molecular weight excluding hydrogens is 90.1 g/mol. The molecule has 0 radical (unpaired) electrons. The van der Waals surface area contributed by atoms with Gasteiger partial charge in [0.05, 0.1) is 0 Å². The molecule has 0 aromatic rings. The van der Waals surface area contributed by atoms with Crippen LogP contribution >= 0.6 is 0 Å². The fourth-order valence-corrected chi connectivity index (χ4v) is 0.365. The minimum atomic E-state index is 0.144. The van der Waals surface area contributed by atoms with Crippen molar-refractivity contribution >= 4 is 0 Å². The van der Waals surface area contributed by atoms with E-state index in [-0.39, 0.29) is 6.04 Å². The van der Waals surface area contributed by atoms with Crippen LogP contribution in [0.2, 0.25) is 0 Å².